The third-order valence-corrected chi connectivity index (χ3v) is 5.66. The van der Waals surface area contributed by atoms with E-state index in [-0.39, 0.29) is 12.5 Å². The monoisotopic (exact) mass is 279 g/mol. The second-order valence-electron chi connectivity index (χ2n) is 6.07. The van der Waals surface area contributed by atoms with Crippen LogP contribution in [0.4, 0.5) is 0 Å². The number of fused-ring (bicyclic) bond motifs is 1. The molecule has 1 amide bonds. The molecule has 2 aliphatic carbocycles. The van der Waals surface area contributed by atoms with Gasteiger partial charge in [-0.3, -0.25) is 4.79 Å². The first kappa shape index (κ1) is 13.1. The van der Waals surface area contributed by atoms with E-state index >= 15 is 0 Å². The van der Waals surface area contributed by atoms with Crippen molar-refractivity contribution in [1.29, 1.82) is 0 Å². The highest BCUT2D eigenvalue weighted by Crippen LogP contribution is 2.39. The molecule has 1 atom stereocenters. The van der Waals surface area contributed by atoms with Crippen LogP contribution in [0, 0.1) is 5.92 Å². The first-order valence-electron chi connectivity index (χ1n) is 7.17. The number of thiophene rings is 1. The van der Waals surface area contributed by atoms with Crippen LogP contribution in [0.3, 0.4) is 0 Å². The molecule has 104 valence electrons. The lowest BCUT2D eigenvalue weighted by molar-refractivity contribution is 0.0828. The van der Waals surface area contributed by atoms with Gasteiger partial charge in [-0.25, -0.2) is 0 Å². The molecule has 1 heterocycles. The minimum absolute atomic E-state index is 0.0113. The van der Waals surface area contributed by atoms with Gasteiger partial charge >= 0.3 is 0 Å². The van der Waals surface area contributed by atoms with Gasteiger partial charge in [0.15, 0.2) is 0 Å². The van der Waals surface area contributed by atoms with Gasteiger partial charge < -0.3 is 10.4 Å². The minimum Gasteiger partial charge on any atom is -0.394 e. The molecule has 1 unspecified atom stereocenters. The summed E-state index contributed by atoms with van der Waals surface area (Å²) in [5, 5.41) is 12.6. The van der Waals surface area contributed by atoms with Gasteiger partial charge in [0.2, 0.25) is 0 Å². The first-order chi connectivity index (χ1) is 9.12. The van der Waals surface area contributed by atoms with Crippen LogP contribution in [0.15, 0.2) is 6.07 Å². The van der Waals surface area contributed by atoms with Crippen molar-refractivity contribution in [2.75, 3.05) is 6.61 Å². The summed E-state index contributed by atoms with van der Waals surface area (Å²) in [6.07, 6.45) is 6.93. The minimum atomic E-state index is -0.443. The van der Waals surface area contributed by atoms with Gasteiger partial charge in [0.05, 0.1) is 17.0 Å². The molecule has 0 radical (unpaired) electrons. The van der Waals surface area contributed by atoms with Crippen molar-refractivity contribution in [3.05, 3.63) is 21.4 Å². The van der Waals surface area contributed by atoms with E-state index < -0.39 is 5.54 Å². The molecular weight excluding hydrogens is 258 g/mol. The van der Waals surface area contributed by atoms with Crippen LogP contribution in [0.25, 0.3) is 0 Å². The van der Waals surface area contributed by atoms with Gasteiger partial charge in [-0.1, -0.05) is 0 Å². The van der Waals surface area contributed by atoms with E-state index in [0.717, 1.165) is 30.6 Å². The zero-order valence-corrected chi connectivity index (χ0v) is 12.2. The van der Waals surface area contributed by atoms with E-state index in [4.69, 9.17) is 0 Å². The molecule has 3 nitrogen and oxygen atoms in total. The largest absolute Gasteiger partial charge is 0.394 e. The Kier molecular flexibility index (Phi) is 3.39. The second kappa shape index (κ2) is 4.91. The Labute approximate surface area is 118 Å². The average Bonchev–Trinajstić information content (AvgIpc) is 3.18. The number of rotatable bonds is 4. The van der Waals surface area contributed by atoms with Crippen molar-refractivity contribution in [2.45, 2.75) is 51.0 Å². The molecule has 1 saturated carbocycles. The van der Waals surface area contributed by atoms with E-state index in [2.05, 4.69) is 11.4 Å². The van der Waals surface area contributed by atoms with E-state index in [1.807, 2.05) is 6.92 Å². The quantitative estimate of drug-likeness (QED) is 0.889. The maximum Gasteiger partial charge on any atom is 0.261 e. The first-order valence-corrected chi connectivity index (χ1v) is 7.99. The molecule has 0 saturated heterocycles. The maximum atomic E-state index is 12.4. The molecule has 1 aromatic rings. The van der Waals surface area contributed by atoms with Crippen LogP contribution in [0.5, 0.6) is 0 Å². The Morgan fingerprint density at radius 2 is 2.21 bits per heavy atom. The summed E-state index contributed by atoms with van der Waals surface area (Å²) >= 11 is 1.63. The van der Waals surface area contributed by atoms with Crippen LogP contribution in [-0.2, 0) is 12.8 Å². The van der Waals surface area contributed by atoms with Gasteiger partial charge in [-0.2, -0.15) is 0 Å². The van der Waals surface area contributed by atoms with E-state index in [9.17, 15) is 9.90 Å². The molecule has 0 aromatic carbocycles. The van der Waals surface area contributed by atoms with Crippen LogP contribution in [0.1, 0.15) is 52.7 Å². The van der Waals surface area contributed by atoms with E-state index in [0.29, 0.717) is 5.92 Å². The molecule has 4 heteroatoms. The molecule has 2 N–H and O–H groups in total. The van der Waals surface area contributed by atoms with Gasteiger partial charge in [-0.15, -0.1) is 11.3 Å². The number of carbonyl (C=O) groups excluding carboxylic acids is 1. The maximum absolute atomic E-state index is 12.4. The number of hydrogen-bond acceptors (Lipinski definition) is 3. The Hall–Kier alpha value is -0.870. The Balaban J connectivity index is 1.74. The lowest BCUT2D eigenvalue weighted by atomic mass is 9.96. The summed E-state index contributed by atoms with van der Waals surface area (Å²) in [4.78, 5) is 14.6. The fourth-order valence-electron chi connectivity index (χ4n) is 2.91. The summed E-state index contributed by atoms with van der Waals surface area (Å²) in [6.45, 7) is 1.98. The van der Waals surface area contributed by atoms with Gasteiger partial charge in [0.1, 0.15) is 0 Å². The molecule has 2 aliphatic rings. The fourth-order valence-corrected chi connectivity index (χ4v) is 4.06. The Bertz CT molecular complexity index is 469. The number of aryl methyl sites for hydroxylation is 2. The molecule has 3 rings (SSSR count). The highest BCUT2D eigenvalue weighted by atomic mass is 32.1. The van der Waals surface area contributed by atoms with Crippen molar-refractivity contribution in [2.24, 2.45) is 5.92 Å². The Morgan fingerprint density at radius 3 is 2.84 bits per heavy atom. The summed E-state index contributed by atoms with van der Waals surface area (Å²) in [6, 6.07) is 2.05. The third kappa shape index (κ3) is 2.56. The highest BCUT2D eigenvalue weighted by molar-refractivity contribution is 7.14. The summed E-state index contributed by atoms with van der Waals surface area (Å²) in [7, 11) is 0. The van der Waals surface area contributed by atoms with Crippen LogP contribution < -0.4 is 5.32 Å². The predicted molar refractivity (Wildman–Crippen MR) is 76.6 cm³/mol. The van der Waals surface area contributed by atoms with Crippen LogP contribution in [-0.4, -0.2) is 23.2 Å². The van der Waals surface area contributed by atoms with E-state index in [1.165, 1.54) is 23.3 Å². The number of nitrogens with one attached hydrogen (secondary N) is 1. The second-order valence-corrected chi connectivity index (χ2v) is 7.21. The molecule has 19 heavy (non-hydrogen) atoms. The summed E-state index contributed by atoms with van der Waals surface area (Å²) < 4.78 is 0. The highest BCUT2D eigenvalue weighted by Gasteiger charge is 2.42. The standard InChI is InChI=1S/C15H21NO2S/c1-15(9-17,11-6-7-11)16-14(18)13-8-10-4-2-3-5-12(10)19-13/h8,11,17H,2-7,9H2,1H3,(H,16,18). The number of aliphatic hydroxyl groups excluding tert-OH is 1. The van der Waals surface area contributed by atoms with Crippen molar-refractivity contribution in [3.63, 3.8) is 0 Å². The number of carbonyl (C=O) groups is 1. The molecule has 0 aliphatic heterocycles. The van der Waals surface area contributed by atoms with Crippen LogP contribution in [0.2, 0.25) is 0 Å². The third-order valence-electron chi connectivity index (χ3n) is 4.43. The molecule has 0 bridgehead atoms. The molecular formula is C15H21NO2S. The molecule has 1 aromatic heterocycles. The molecule has 0 spiro atoms. The van der Waals surface area contributed by atoms with Crippen molar-refractivity contribution >= 4 is 17.2 Å². The van der Waals surface area contributed by atoms with Crippen LogP contribution >= 0.6 is 11.3 Å². The Morgan fingerprint density at radius 1 is 1.47 bits per heavy atom. The zero-order valence-electron chi connectivity index (χ0n) is 11.4. The van der Waals surface area contributed by atoms with Crippen molar-refractivity contribution < 1.29 is 9.90 Å². The summed E-state index contributed by atoms with van der Waals surface area (Å²) in [5.41, 5.74) is 0.917. The smallest absolute Gasteiger partial charge is 0.261 e. The number of aliphatic hydroxyl groups is 1. The topological polar surface area (TPSA) is 49.3 Å². The average molecular weight is 279 g/mol. The van der Waals surface area contributed by atoms with E-state index in [1.54, 1.807) is 11.3 Å². The lowest BCUT2D eigenvalue weighted by Crippen LogP contribution is -2.50. The normalized spacial score (nSPS) is 21.6. The van der Waals surface area contributed by atoms with Gasteiger partial charge in [-0.05, 0) is 63.0 Å². The van der Waals surface area contributed by atoms with Crippen molar-refractivity contribution in [1.82, 2.24) is 5.32 Å². The number of hydrogen-bond donors (Lipinski definition) is 2. The molecule has 1 fully saturated rings. The lowest BCUT2D eigenvalue weighted by Gasteiger charge is -2.28. The number of amides is 1. The van der Waals surface area contributed by atoms with Gasteiger partial charge in [0, 0.05) is 4.88 Å². The zero-order chi connectivity index (χ0) is 13.5. The van der Waals surface area contributed by atoms with Gasteiger partial charge in [0.25, 0.3) is 5.91 Å². The fraction of sp³-hybridized carbons (Fsp3) is 0.667. The SMILES string of the molecule is CC(CO)(NC(=O)c1cc2c(s1)CCCC2)C1CC1. The predicted octanol–water partition coefficient (Wildman–Crippen LogP) is 2.52. The van der Waals surface area contributed by atoms with Crippen molar-refractivity contribution in [3.8, 4) is 0 Å². The summed E-state index contributed by atoms with van der Waals surface area (Å²) in [5.74, 6) is 0.430.